The second-order valence-corrected chi connectivity index (χ2v) is 4.71. The van der Waals surface area contributed by atoms with Crippen molar-refractivity contribution in [1.82, 2.24) is 10.2 Å². The summed E-state index contributed by atoms with van der Waals surface area (Å²) in [7, 11) is 0. The molecule has 0 radical (unpaired) electrons. The van der Waals surface area contributed by atoms with Crippen molar-refractivity contribution in [3.8, 4) is 6.07 Å². The molecular weight excluding hydrogens is 230 g/mol. The minimum absolute atomic E-state index is 0.291. The summed E-state index contributed by atoms with van der Waals surface area (Å²) in [5, 5.41) is 11.0. The Kier molecular flexibility index (Phi) is 2.79. The van der Waals surface area contributed by atoms with Crippen LogP contribution < -0.4 is 5.32 Å². The fourth-order valence-corrected chi connectivity index (χ4v) is 1.83. The number of carbonyl (C=O) groups excluding carboxylic acids is 2. The Labute approximate surface area is 105 Å². The van der Waals surface area contributed by atoms with Gasteiger partial charge < -0.3 is 4.90 Å². The van der Waals surface area contributed by atoms with Crippen LogP contribution in [0.3, 0.4) is 0 Å². The molecule has 0 unspecified atom stereocenters. The van der Waals surface area contributed by atoms with Crippen LogP contribution in [-0.4, -0.2) is 22.4 Å². The first-order valence-electron chi connectivity index (χ1n) is 5.57. The Hall–Kier alpha value is -2.35. The summed E-state index contributed by atoms with van der Waals surface area (Å²) in [5.74, 6) is -0.291. The van der Waals surface area contributed by atoms with E-state index in [-0.39, 0.29) is 11.9 Å². The van der Waals surface area contributed by atoms with Gasteiger partial charge in [-0.15, -0.1) is 0 Å². The molecule has 0 aliphatic carbocycles. The molecule has 18 heavy (non-hydrogen) atoms. The average Bonchev–Trinajstić information content (AvgIpc) is 2.53. The number of nitrogens with one attached hydrogen (secondary N) is 1. The molecule has 2 rings (SSSR count). The van der Waals surface area contributed by atoms with E-state index in [1.807, 2.05) is 6.07 Å². The molecule has 1 heterocycles. The van der Waals surface area contributed by atoms with Crippen molar-refractivity contribution in [3.63, 3.8) is 0 Å². The smallest absolute Gasteiger partial charge is 0.306 e. The van der Waals surface area contributed by atoms with E-state index in [9.17, 15) is 9.59 Å². The van der Waals surface area contributed by atoms with E-state index in [2.05, 4.69) is 5.32 Å². The highest BCUT2D eigenvalue weighted by Gasteiger charge is 2.45. The van der Waals surface area contributed by atoms with Gasteiger partial charge in [-0.1, -0.05) is 12.1 Å². The molecule has 1 N–H and O–H groups in total. The third-order valence-electron chi connectivity index (χ3n) is 3.12. The maximum atomic E-state index is 11.7. The van der Waals surface area contributed by atoms with E-state index in [1.165, 1.54) is 4.90 Å². The van der Waals surface area contributed by atoms with E-state index in [0.29, 0.717) is 12.1 Å². The second-order valence-electron chi connectivity index (χ2n) is 4.71. The first-order chi connectivity index (χ1) is 8.45. The summed E-state index contributed by atoms with van der Waals surface area (Å²) in [4.78, 5) is 24.7. The van der Waals surface area contributed by atoms with Crippen molar-refractivity contribution in [3.05, 3.63) is 35.4 Å². The van der Waals surface area contributed by atoms with Crippen molar-refractivity contribution >= 4 is 11.9 Å². The number of urea groups is 1. The summed E-state index contributed by atoms with van der Waals surface area (Å²) in [6.07, 6.45) is 0. The minimum atomic E-state index is -0.842. The molecule has 5 nitrogen and oxygen atoms in total. The highest BCUT2D eigenvalue weighted by atomic mass is 16.2. The summed E-state index contributed by atoms with van der Waals surface area (Å²) < 4.78 is 0. The van der Waals surface area contributed by atoms with Crippen LogP contribution in [0.4, 0.5) is 4.79 Å². The van der Waals surface area contributed by atoms with Crippen LogP contribution in [0.2, 0.25) is 0 Å². The third-order valence-corrected chi connectivity index (χ3v) is 3.12. The normalized spacial score (nSPS) is 17.5. The lowest BCUT2D eigenvalue weighted by atomic mass is 10.0. The zero-order valence-corrected chi connectivity index (χ0v) is 10.2. The Morgan fingerprint density at radius 2 is 1.89 bits per heavy atom. The number of hydrogen-bond acceptors (Lipinski definition) is 3. The monoisotopic (exact) mass is 243 g/mol. The van der Waals surface area contributed by atoms with Crippen molar-refractivity contribution in [2.45, 2.75) is 25.9 Å². The lowest BCUT2D eigenvalue weighted by molar-refractivity contribution is -0.125. The molecule has 1 aromatic carbocycles. The maximum Gasteiger partial charge on any atom is 0.325 e. The number of hydrogen-bond donors (Lipinski definition) is 1. The van der Waals surface area contributed by atoms with E-state index in [4.69, 9.17) is 5.26 Å². The van der Waals surface area contributed by atoms with Crippen LogP contribution in [0.25, 0.3) is 0 Å². The van der Waals surface area contributed by atoms with Crippen molar-refractivity contribution in [1.29, 1.82) is 5.26 Å². The van der Waals surface area contributed by atoms with Gasteiger partial charge in [-0.25, -0.2) is 4.79 Å². The van der Waals surface area contributed by atoms with Gasteiger partial charge in [-0.05, 0) is 31.5 Å². The molecule has 3 amide bonds. The molecule has 0 aromatic heterocycles. The number of nitrogens with zero attached hydrogens (tertiary/aromatic N) is 2. The van der Waals surface area contributed by atoms with Gasteiger partial charge in [0.25, 0.3) is 5.91 Å². The molecule has 1 fully saturated rings. The lowest BCUT2D eigenvalue weighted by Crippen LogP contribution is -2.43. The Bertz CT molecular complexity index is 540. The fourth-order valence-electron chi connectivity index (χ4n) is 1.83. The summed E-state index contributed by atoms with van der Waals surface area (Å²) in [5.41, 5.74) is 0.609. The molecule has 1 aliphatic heterocycles. The van der Waals surface area contributed by atoms with Crippen LogP contribution in [0.1, 0.15) is 25.0 Å². The Morgan fingerprint density at radius 3 is 2.33 bits per heavy atom. The summed E-state index contributed by atoms with van der Waals surface area (Å²) in [6.45, 7) is 3.75. The van der Waals surface area contributed by atoms with Gasteiger partial charge in [-0.3, -0.25) is 10.1 Å². The zero-order chi connectivity index (χ0) is 13.3. The minimum Gasteiger partial charge on any atom is -0.306 e. The van der Waals surface area contributed by atoms with Gasteiger partial charge in [0.15, 0.2) is 0 Å². The van der Waals surface area contributed by atoms with E-state index in [0.717, 1.165) is 5.56 Å². The molecule has 0 saturated carbocycles. The SMILES string of the molecule is CC1(C)C(=O)NC(=O)N1Cc1ccc(C#N)cc1. The summed E-state index contributed by atoms with van der Waals surface area (Å²) >= 11 is 0. The number of rotatable bonds is 2. The van der Waals surface area contributed by atoms with Crippen LogP contribution in [0.15, 0.2) is 24.3 Å². The number of imide groups is 1. The van der Waals surface area contributed by atoms with Crippen LogP contribution >= 0.6 is 0 Å². The standard InChI is InChI=1S/C13H13N3O2/c1-13(2)11(17)15-12(18)16(13)8-10-5-3-9(7-14)4-6-10/h3-6H,8H2,1-2H3,(H,15,17,18). The fraction of sp³-hybridized carbons (Fsp3) is 0.308. The Morgan fingerprint density at radius 1 is 1.28 bits per heavy atom. The first kappa shape index (κ1) is 12.1. The molecule has 92 valence electrons. The quantitative estimate of drug-likeness (QED) is 0.798. The highest BCUT2D eigenvalue weighted by Crippen LogP contribution is 2.23. The van der Waals surface area contributed by atoms with Gasteiger partial charge in [0, 0.05) is 6.54 Å². The summed E-state index contributed by atoms with van der Waals surface area (Å²) in [6, 6.07) is 8.60. The molecule has 0 atom stereocenters. The molecule has 1 aromatic rings. The molecule has 5 heteroatoms. The average molecular weight is 243 g/mol. The lowest BCUT2D eigenvalue weighted by Gasteiger charge is -2.27. The predicted octanol–water partition coefficient (Wildman–Crippen LogP) is 1.39. The second kappa shape index (κ2) is 4.15. The van der Waals surface area contributed by atoms with E-state index in [1.54, 1.807) is 38.1 Å². The van der Waals surface area contributed by atoms with Crippen LogP contribution in [0.5, 0.6) is 0 Å². The zero-order valence-electron chi connectivity index (χ0n) is 10.2. The van der Waals surface area contributed by atoms with Gasteiger partial charge in [0.1, 0.15) is 5.54 Å². The van der Waals surface area contributed by atoms with Crippen LogP contribution in [-0.2, 0) is 11.3 Å². The van der Waals surface area contributed by atoms with Crippen LogP contribution in [0, 0.1) is 11.3 Å². The van der Waals surface area contributed by atoms with Gasteiger partial charge >= 0.3 is 6.03 Å². The van der Waals surface area contributed by atoms with Gasteiger partial charge in [0.05, 0.1) is 11.6 Å². The number of amides is 3. The molecule has 0 bridgehead atoms. The van der Waals surface area contributed by atoms with Gasteiger partial charge in [0.2, 0.25) is 0 Å². The molecular formula is C13H13N3O2. The Balaban J connectivity index is 2.21. The first-order valence-corrected chi connectivity index (χ1v) is 5.57. The topological polar surface area (TPSA) is 73.2 Å². The number of benzene rings is 1. The predicted molar refractivity (Wildman–Crippen MR) is 64.3 cm³/mol. The number of nitriles is 1. The van der Waals surface area contributed by atoms with Crippen molar-refractivity contribution < 1.29 is 9.59 Å². The number of carbonyl (C=O) groups is 2. The highest BCUT2D eigenvalue weighted by molar-refractivity contribution is 6.06. The molecule has 1 saturated heterocycles. The van der Waals surface area contributed by atoms with Gasteiger partial charge in [-0.2, -0.15) is 5.26 Å². The van der Waals surface area contributed by atoms with E-state index >= 15 is 0 Å². The third kappa shape index (κ3) is 1.93. The maximum absolute atomic E-state index is 11.7. The van der Waals surface area contributed by atoms with Crippen molar-refractivity contribution in [2.24, 2.45) is 0 Å². The molecule has 0 spiro atoms. The molecule has 1 aliphatic rings. The van der Waals surface area contributed by atoms with Crippen molar-refractivity contribution in [2.75, 3.05) is 0 Å². The van der Waals surface area contributed by atoms with E-state index < -0.39 is 5.54 Å². The largest absolute Gasteiger partial charge is 0.325 e.